The summed E-state index contributed by atoms with van der Waals surface area (Å²) in [6.45, 7) is 0.250. The Morgan fingerprint density at radius 2 is 1.89 bits per heavy atom. The predicted octanol–water partition coefficient (Wildman–Crippen LogP) is -0.537. The van der Waals surface area contributed by atoms with Crippen LogP contribution in [-0.2, 0) is 16.1 Å². The highest BCUT2D eigenvalue weighted by molar-refractivity contribution is 5.97. The maximum absolute atomic E-state index is 12.6. The molecule has 2 heterocycles. The number of nitrogens with two attached hydrogens (primary N) is 1. The van der Waals surface area contributed by atoms with Crippen LogP contribution in [0.2, 0.25) is 0 Å². The van der Waals surface area contributed by atoms with Gasteiger partial charge < -0.3 is 21.5 Å². The molecule has 0 radical (unpaired) electrons. The fourth-order valence-electron chi connectivity index (χ4n) is 3.06. The number of rotatable bonds is 10. The average molecular weight is 483 g/mol. The van der Waals surface area contributed by atoms with Gasteiger partial charge in [-0.2, -0.15) is 4.98 Å². The Kier molecular flexibility index (Phi) is 7.88. The number of carboxylic acids is 1. The molecule has 35 heavy (non-hydrogen) atoms. The predicted molar refractivity (Wildman–Crippen MR) is 126 cm³/mol. The number of nitrogen functional groups attached to an aromatic ring is 1. The molecule has 0 saturated heterocycles. The van der Waals surface area contributed by atoms with Crippen molar-refractivity contribution in [3.63, 3.8) is 0 Å². The van der Waals surface area contributed by atoms with Crippen molar-refractivity contribution >= 4 is 40.6 Å². The van der Waals surface area contributed by atoms with E-state index in [-0.39, 0.29) is 42.1 Å². The zero-order valence-electron chi connectivity index (χ0n) is 19.0. The number of anilines is 2. The van der Waals surface area contributed by atoms with Crippen molar-refractivity contribution in [1.29, 1.82) is 0 Å². The number of hydrogen-bond donors (Lipinski definition) is 6. The van der Waals surface area contributed by atoms with Crippen molar-refractivity contribution in [2.45, 2.75) is 25.4 Å². The normalized spacial score (nSPS) is 11.7. The van der Waals surface area contributed by atoms with Crippen LogP contribution >= 0.6 is 0 Å². The van der Waals surface area contributed by atoms with Gasteiger partial charge in [-0.05, 0) is 30.7 Å². The summed E-state index contributed by atoms with van der Waals surface area (Å²) in [7, 11) is 3.21. The van der Waals surface area contributed by atoms with Gasteiger partial charge in [-0.1, -0.05) is 0 Å². The molecule has 0 bridgehead atoms. The van der Waals surface area contributed by atoms with Crippen LogP contribution in [0.25, 0.3) is 11.2 Å². The molecule has 0 fully saturated rings. The number of nitrogens with one attached hydrogen (secondary N) is 4. The van der Waals surface area contributed by atoms with E-state index >= 15 is 0 Å². The molecule has 0 aliphatic carbocycles. The van der Waals surface area contributed by atoms with E-state index in [0.717, 1.165) is 0 Å². The number of nitrogens with zero attached hydrogens (tertiary/aromatic N) is 4. The lowest BCUT2D eigenvalue weighted by atomic mass is 10.1. The molecule has 7 N–H and O–H groups in total. The number of H-pyrrole nitrogens is 1. The number of aromatic amines is 1. The summed E-state index contributed by atoms with van der Waals surface area (Å²) < 4.78 is 0. The first-order valence-corrected chi connectivity index (χ1v) is 10.5. The number of aliphatic carboxylic acids is 1. The topological polar surface area (TPSA) is 208 Å². The zero-order chi connectivity index (χ0) is 25.5. The van der Waals surface area contributed by atoms with Gasteiger partial charge >= 0.3 is 5.97 Å². The van der Waals surface area contributed by atoms with E-state index in [1.807, 2.05) is 0 Å². The highest BCUT2D eigenvalue weighted by Crippen LogP contribution is 2.12. The van der Waals surface area contributed by atoms with Gasteiger partial charge in [-0.25, -0.2) is 15.0 Å². The summed E-state index contributed by atoms with van der Waals surface area (Å²) in [5, 5.41) is 16.0. The van der Waals surface area contributed by atoms with E-state index in [1.165, 1.54) is 11.2 Å². The summed E-state index contributed by atoms with van der Waals surface area (Å²) >= 11 is 0. The minimum Gasteiger partial charge on any atom is -0.481 e. The lowest BCUT2D eigenvalue weighted by Gasteiger charge is -2.20. The summed E-state index contributed by atoms with van der Waals surface area (Å²) in [4.78, 5) is 62.5. The molecule has 0 spiro atoms. The van der Waals surface area contributed by atoms with E-state index < -0.39 is 29.4 Å². The number of benzene rings is 1. The third-order valence-corrected chi connectivity index (χ3v) is 4.71. The number of fused-ring (bicyclic) bond motifs is 1. The summed E-state index contributed by atoms with van der Waals surface area (Å²) in [5.74, 6) is -2.15. The Balaban J connectivity index is 1.63. The molecule has 0 unspecified atom stereocenters. The molecule has 2 amide bonds. The van der Waals surface area contributed by atoms with Gasteiger partial charge in [-0.3, -0.25) is 29.6 Å². The lowest BCUT2D eigenvalue weighted by molar-refractivity contribution is -0.137. The number of carbonyl (C=O) groups excluding carboxylic acids is 2. The van der Waals surface area contributed by atoms with Gasteiger partial charge in [0.1, 0.15) is 6.04 Å². The van der Waals surface area contributed by atoms with E-state index in [2.05, 4.69) is 36.0 Å². The van der Waals surface area contributed by atoms with E-state index in [4.69, 9.17) is 10.8 Å². The minimum atomic E-state index is -1.07. The van der Waals surface area contributed by atoms with Crippen LogP contribution in [0.1, 0.15) is 28.9 Å². The number of carbonyl (C=O) groups is 3. The molecule has 184 valence electrons. The third kappa shape index (κ3) is 6.94. The smallest absolute Gasteiger partial charge is 0.303 e. The average Bonchev–Trinajstić information content (AvgIpc) is 2.80. The van der Waals surface area contributed by atoms with Crippen molar-refractivity contribution in [3.05, 3.63) is 52.1 Å². The Morgan fingerprint density at radius 1 is 1.17 bits per heavy atom. The van der Waals surface area contributed by atoms with E-state index in [9.17, 15) is 19.2 Å². The molecule has 3 aromatic rings. The van der Waals surface area contributed by atoms with E-state index in [1.54, 1.807) is 38.4 Å². The van der Waals surface area contributed by atoms with Crippen molar-refractivity contribution in [2.75, 3.05) is 25.1 Å². The van der Waals surface area contributed by atoms with Crippen molar-refractivity contribution in [2.24, 2.45) is 0 Å². The molecule has 1 atom stereocenters. The molecular formula is C21H25N9O5. The molecule has 0 aliphatic heterocycles. The largest absolute Gasteiger partial charge is 0.481 e. The van der Waals surface area contributed by atoms with Gasteiger partial charge in [0.25, 0.3) is 17.4 Å². The first-order chi connectivity index (χ1) is 16.6. The molecule has 3 rings (SSSR count). The molecular weight excluding hydrogens is 458 g/mol. The van der Waals surface area contributed by atoms with Crippen LogP contribution < -0.4 is 27.4 Å². The maximum atomic E-state index is 12.6. The number of hydrogen-bond acceptors (Lipinski definition) is 10. The summed E-state index contributed by atoms with van der Waals surface area (Å²) in [6, 6.07) is 5.41. The standard InChI is InChI=1S/C21H25N9O5/c1-30(2)29-19(34)14(7-8-15(31)32)26-18(33)11-3-5-12(6-4-11)23-9-13-10-24-17-16(25-13)20(35)28-21(22)27-17/h3-6,10,14,23H,7-9H2,1-2H3,(H,26,33)(H,29,34)(H,31,32)(H3,22,24,27,28,35)/t14-/m0/s1. The SMILES string of the molecule is CN(C)NC(=O)[C@H](CCC(=O)O)NC(=O)c1ccc(NCc2cnc3nc(N)[nH]c(=O)c3n2)cc1. The van der Waals surface area contributed by atoms with Gasteiger partial charge in [0.15, 0.2) is 11.2 Å². The summed E-state index contributed by atoms with van der Waals surface area (Å²) in [6.07, 6.45) is 1.14. The van der Waals surface area contributed by atoms with Crippen LogP contribution in [0.3, 0.4) is 0 Å². The number of aromatic nitrogens is 4. The Labute approximate surface area is 198 Å². The van der Waals surface area contributed by atoms with Crippen LogP contribution in [0.4, 0.5) is 11.6 Å². The molecule has 0 aliphatic rings. The van der Waals surface area contributed by atoms with Gasteiger partial charge in [0, 0.05) is 31.8 Å². The van der Waals surface area contributed by atoms with Crippen molar-refractivity contribution in [1.82, 2.24) is 35.7 Å². The second-order valence-electron chi connectivity index (χ2n) is 7.74. The van der Waals surface area contributed by atoms with Crippen LogP contribution in [0, 0.1) is 0 Å². The van der Waals surface area contributed by atoms with Crippen molar-refractivity contribution in [3.8, 4) is 0 Å². The second-order valence-corrected chi connectivity index (χ2v) is 7.74. The quantitative estimate of drug-likeness (QED) is 0.202. The third-order valence-electron chi connectivity index (χ3n) is 4.71. The Bertz CT molecular complexity index is 1290. The first-order valence-electron chi connectivity index (χ1n) is 10.5. The fourth-order valence-corrected chi connectivity index (χ4v) is 3.06. The Morgan fingerprint density at radius 3 is 2.54 bits per heavy atom. The Hall–Kier alpha value is -4.59. The van der Waals surface area contributed by atoms with E-state index in [0.29, 0.717) is 11.4 Å². The van der Waals surface area contributed by atoms with Crippen molar-refractivity contribution < 1.29 is 19.5 Å². The van der Waals surface area contributed by atoms with Gasteiger partial charge in [0.2, 0.25) is 5.95 Å². The molecule has 2 aromatic heterocycles. The maximum Gasteiger partial charge on any atom is 0.303 e. The van der Waals surface area contributed by atoms with Crippen LogP contribution in [-0.4, -0.2) is 68.0 Å². The number of hydrazine groups is 1. The lowest BCUT2D eigenvalue weighted by Crippen LogP contribution is -2.50. The second kappa shape index (κ2) is 11.0. The van der Waals surface area contributed by atoms with Gasteiger partial charge in [0.05, 0.1) is 18.4 Å². The molecule has 1 aromatic carbocycles. The summed E-state index contributed by atoms with van der Waals surface area (Å²) in [5.41, 5.74) is 9.19. The highest BCUT2D eigenvalue weighted by atomic mass is 16.4. The minimum absolute atomic E-state index is 0.0432. The fraction of sp³-hybridized carbons (Fsp3) is 0.286. The number of carboxylic acid groups (broad SMARTS) is 1. The molecule has 14 heteroatoms. The first kappa shape index (κ1) is 25.0. The highest BCUT2D eigenvalue weighted by Gasteiger charge is 2.22. The van der Waals surface area contributed by atoms with Crippen LogP contribution in [0.5, 0.6) is 0 Å². The van der Waals surface area contributed by atoms with Crippen LogP contribution in [0.15, 0.2) is 35.3 Å². The monoisotopic (exact) mass is 483 g/mol. The molecule has 0 saturated carbocycles. The molecule has 14 nitrogen and oxygen atoms in total. The van der Waals surface area contributed by atoms with Gasteiger partial charge in [-0.15, -0.1) is 0 Å². The number of amides is 2. The zero-order valence-corrected chi connectivity index (χ0v) is 19.0.